The van der Waals surface area contributed by atoms with Crippen LogP contribution in [0.25, 0.3) is 10.2 Å². The average Bonchev–Trinajstić information content (AvgIpc) is 3.21. The molecule has 0 radical (unpaired) electrons. The number of methoxy groups -OCH3 is 1. The van der Waals surface area contributed by atoms with Gasteiger partial charge in [-0.1, -0.05) is 18.2 Å². The third-order valence-electron chi connectivity index (χ3n) is 4.79. The number of amides is 1. The van der Waals surface area contributed by atoms with Crippen molar-refractivity contribution in [3.05, 3.63) is 83.4 Å². The van der Waals surface area contributed by atoms with Gasteiger partial charge in [0.05, 0.1) is 28.8 Å². The predicted molar refractivity (Wildman–Crippen MR) is 126 cm³/mol. The highest BCUT2D eigenvalue weighted by Gasteiger charge is 2.19. The number of sulfonamides is 1. The van der Waals surface area contributed by atoms with E-state index in [1.54, 1.807) is 43.4 Å². The molecule has 4 rings (SSSR count). The van der Waals surface area contributed by atoms with Crippen LogP contribution in [0.5, 0.6) is 5.75 Å². The summed E-state index contributed by atoms with van der Waals surface area (Å²) in [5.74, 6) is 0.336. The Labute approximate surface area is 190 Å². The standard InChI is InChI=1S/C23H21N3O4S2/c1-26(15-22-24-20-8-3-4-9-21(20)31-22)23(27)16-6-5-7-19(14-16)32(28,29)25-17-10-12-18(30-2)13-11-17/h3-14,25H,15H2,1-2H3. The van der Waals surface area contributed by atoms with E-state index in [0.717, 1.165) is 15.2 Å². The van der Waals surface area contributed by atoms with E-state index in [0.29, 0.717) is 18.0 Å². The van der Waals surface area contributed by atoms with Crippen LogP contribution in [-0.4, -0.2) is 38.4 Å². The number of aromatic nitrogens is 1. The first-order valence-electron chi connectivity index (χ1n) is 9.72. The molecular weight excluding hydrogens is 446 g/mol. The molecule has 0 saturated heterocycles. The van der Waals surface area contributed by atoms with E-state index >= 15 is 0 Å². The highest BCUT2D eigenvalue weighted by atomic mass is 32.2. The maximum atomic E-state index is 12.9. The van der Waals surface area contributed by atoms with Gasteiger partial charge in [-0.05, 0) is 54.6 Å². The normalized spacial score (nSPS) is 11.3. The molecule has 3 aromatic carbocycles. The lowest BCUT2D eigenvalue weighted by atomic mass is 10.2. The van der Waals surface area contributed by atoms with Gasteiger partial charge >= 0.3 is 0 Å². The van der Waals surface area contributed by atoms with Crippen molar-refractivity contribution in [3.8, 4) is 5.75 Å². The number of carbonyl (C=O) groups excluding carboxylic acids is 1. The number of benzene rings is 3. The zero-order valence-corrected chi connectivity index (χ0v) is 19.1. The molecule has 4 aromatic rings. The van der Waals surface area contributed by atoms with Crippen LogP contribution in [0.4, 0.5) is 5.69 Å². The van der Waals surface area contributed by atoms with Gasteiger partial charge < -0.3 is 9.64 Å². The van der Waals surface area contributed by atoms with Gasteiger partial charge in [-0.15, -0.1) is 11.3 Å². The van der Waals surface area contributed by atoms with E-state index in [4.69, 9.17) is 4.74 Å². The average molecular weight is 468 g/mol. The first-order valence-corrected chi connectivity index (χ1v) is 12.0. The second kappa shape index (κ2) is 8.97. The number of fused-ring (bicyclic) bond motifs is 1. The quantitative estimate of drug-likeness (QED) is 0.436. The fraction of sp³-hybridized carbons (Fsp3) is 0.130. The Kier molecular flexibility index (Phi) is 6.11. The molecule has 0 bridgehead atoms. The van der Waals surface area contributed by atoms with Crippen molar-refractivity contribution >= 4 is 43.2 Å². The molecule has 7 nitrogen and oxygen atoms in total. The summed E-state index contributed by atoms with van der Waals surface area (Å²) < 4.78 is 34.3. The van der Waals surface area contributed by atoms with Crippen LogP contribution >= 0.6 is 11.3 Å². The lowest BCUT2D eigenvalue weighted by molar-refractivity contribution is 0.0785. The van der Waals surface area contributed by atoms with Crippen molar-refractivity contribution in [3.63, 3.8) is 0 Å². The number of thiazole rings is 1. The highest BCUT2D eigenvalue weighted by molar-refractivity contribution is 7.92. The number of hydrogen-bond donors (Lipinski definition) is 1. The smallest absolute Gasteiger partial charge is 0.261 e. The fourth-order valence-electron chi connectivity index (χ4n) is 3.15. The van der Waals surface area contributed by atoms with Gasteiger partial charge in [0.1, 0.15) is 10.8 Å². The Morgan fingerprint density at radius 1 is 1.06 bits per heavy atom. The van der Waals surface area contributed by atoms with Crippen LogP contribution in [0.2, 0.25) is 0 Å². The molecule has 1 N–H and O–H groups in total. The topological polar surface area (TPSA) is 88.6 Å². The monoisotopic (exact) mass is 467 g/mol. The Bertz CT molecular complexity index is 1330. The number of rotatable bonds is 7. The minimum Gasteiger partial charge on any atom is -0.497 e. The molecule has 0 fully saturated rings. The molecule has 0 aliphatic carbocycles. The Morgan fingerprint density at radius 3 is 2.53 bits per heavy atom. The Hall–Kier alpha value is -3.43. The van der Waals surface area contributed by atoms with Crippen LogP contribution in [0.15, 0.2) is 77.7 Å². The maximum absolute atomic E-state index is 12.9. The summed E-state index contributed by atoms with van der Waals surface area (Å²) in [4.78, 5) is 19.0. The zero-order chi connectivity index (χ0) is 22.7. The second-order valence-electron chi connectivity index (χ2n) is 7.10. The Morgan fingerprint density at radius 2 is 1.81 bits per heavy atom. The molecule has 9 heteroatoms. The summed E-state index contributed by atoms with van der Waals surface area (Å²) in [6.07, 6.45) is 0. The largest absolute Gasteiger partial charge is 0.497 e. The number of anilines is 1. The van der Waals surface area contributed by atoms with Gasteiger partial charge in [0.2, 0.25) is 0 Å². The summed E-state index contributed by atoms with van der Waals surface area (Å²) in [5, 5.41) is 0.812. The molecule has 0 spiro atoms. The van der Waals surface area contributed by atoms with Crippen molar-refractivity contribution in [1.29, 1.82) is 0 Å². The molecule has 0 aliphatic rings. The maximum Gasteiger partial charge on any atom is 0.261 e. The van der Waals surface area contributed by atoms with E-state index in [-0.39, 0.29) is 16.4 Å². The van der Waals surface area contributed by atoms with Crippen molar-refractivity contribution in [2.24, 2.45) is 0 Å². The van der Waals surface area contributed by atoms with E-state index in [1.807, 2.05) is 24.3 Å². The predicted octanol–water partition coefficient (Wildman–Crippen LogP) is 4.38. The van der Waals surface area contributed by atoms with E-state index in [9.17, 15) is 13.2 Å². The van der Waals surface area contributed by atoms with Crippen LogP contribution in [-0.2, 0) is 16.6 Å². The van der Waals surface area contributed by atoms with Crippen LogP contribution in [0.1, 0.15) is 15.4 Å². The highest BCUT2D eigenvalue weighted by Crippen LogP contribution is 2.24. The van der Waals surface area contributed by atoms with Crippen molar-refractivity contribution in [2.75, 3.05) is 18.9 Å². The van der Waals surface area contributed by atoms with Crippen molar-refractivity contribution in [1.82, 2.24) is 9.88 Å². The van der Waals surface area contributed by atoms with Gasteiger partial charge in [0.25, 0.3) is 15.9 Å². The van der Waals surface area contributed by atoms with E-state index in [1.165, 1.54) is 35.5 Å². The summed E-state index contributed by atoms with van der Waals surface area (Å²) in [6, 6.07) is 20.3. The molecule has 1 aromatic heterocycles. The SMILES string of the molecule is COc1ccc(NS(=O)(=O)c2cccc(C(=O)N(C)Cc3nc4ccccc4s3)c2)cc1. The molecule has 164 valence electrons. The molecule has 0 aliphatic heterocycles. The molecule has 32 heavy (non-hydrogen) atoms. The number of carbonyl (C=O) groups is 1. The first-order chi connectivity index (χ1) is 15.4. The number of para-hydroxylation sites is 1. The lowest BCUT2D eigenvalue weighted by Crippen LogP contribution is -2.26. The molecule has 0 atom stereocenters. The van der Waals surface area contributed by atoms with Gasteiger partial charge in [0, 0.05) is 18.3 Å². The summed E-state index contributed by atoms with van der Waals surface area (Å²) in [6.45, 7) is 0.333. The second-order valence-corrected chi connectivity index (χ2v) is 9.90. The van der Waals surface area contributed by atoms with Gasteiger partial charge in [-0.3, -0.25) is 9.52 Å². The van der Waals surface area contributed by atoms with E-state index in [2.05, 4.69) is 9.71 Å². The van der Waals surface area contributed by atoms with Crippen molar-refractivity contribution in [2.45, 2.75) is 11.4 Å². The summed E-state index contributed by atoms with van der Waals surface area (Å²) in [5.41, 5.74) is 1.58. The molecule has 1 heterocycles. The third-order valence-corrected chi connectivity index (χ3v) is 7.19. The number of nitrogens with zero attached hydrogens (tertiary/aromatic N) is 2. The van der Waals surface area contributed by atoms with Gasteiger partial charge in [0.15, 0.2) is 0 Å². The minimum atomic E-state index is -3.86. The number of ether oxygens (including phenoxy) is 1. The van der Waals surface area contributed by atoms with Crippen molar-refractivity contribution < 1.29 is 17.9 Å². The molecule has 0 unspecified atom stereocenters. The number of hydrogen-bond acceptors (Lipinski definition) is 6. The lowest BCUT2D eigenvalue weighted by Gasteiger charge is -2.16. The minimum absolute atomic E-state index is 0.00700. The molecular formula is C23H21N3O4S2. The number of nitrogens with one attached hydrogen (secondary N) is 1. The summed E-state index contributed by atoms with van der Waals surface area (Å²) >= 11 is 1.53. The fourth-order valence-corrected chi connectivity index (χ4v) is 5.28. The van der Waals surface area contributed by atoms with E-state index < -0.39 is 10.0 Å². The van der Waals surface area contributed by atoms with Gasteiger partial charge in [-0.2, -0.15) is 0 Å². The molecule has 0 saturated carbocycles. The third kappa shape index (κ3) is 4.74. The Balaban J connectivity index is 1.50. The van der Waals surface area contributed by atoms with Crippen LogP contribution in [0.3, 0.4) is 0 Å². The van der Waals surface area contributed by atoms with Crippen LogP contribution in [0, 0.1) is 0 Å². The van der Waals surface area contributed by atoms with Gasteiger partial charge in [-0.25, -0.2) is 13.4 Å². The zero-order valence-electron chi connectivity index (χ0n) is 17.5. The molecule has 1 amide bonds. The first kappa shape index (κ1) is 21.8. The summed E-state index contributed by atoms with van der Waals surface area (Å²) in [7, 11) is -0.654. The van der Waals surface area contributed by atoms with Crippen LogP contribution < -0.4 is 9.46 Å².